The van der Waals surface area contributed by atoms with Gasteiger partial charge in [0.1, 0.15) is 22.5 Å². The Morgan fingerprint density at radius 2 is 2.05 bits per heavy atom. The Bertz CT molecular complexity index is 650. The molecule has 21 heavy (non-hydrogen) atoms. The number of ether oxygens (including phenoxy) is 2. The number of hydrogen-bond acceptors (Lipinski definition) is 4. The van der Waals surface area contributed by atoms with Crippen LogP contribution in [0.5, 0.6) is 17.4 Å². The molecule has 112 valence electrons. The van der Waals surface area contributed by atoms with Crippen LogP contribution in [0.15, 0.2) is 22.7 Å². The van der Waals surface area contributed by atoms with Gasteiger partial charge in [-0.3, -0.25) is 0 Å². The molecule has 2 rings (SSSR count). The fourth-order valence-electron chi connectivity index (χ4n) is 1.74. The predicted octanol–water partition coefficient (Wildman–Crippen LogP) is 4.95. The van der Waals surface area contributed by atoms with Gasteiger partial charge in [0, 0.05) is 12.0 Å². The van der Waals surface area contributed by atoms with Crippen molar-refractivity contribution in [2.75, 3.05) is 7.11 Å². The van der Waals surface area contributed by atoms with E-state index in [0.717, 1.165) is 28.6 Å². The van der Waals surface area contributed by atoms with Crippen molar-refractivity contribution in [2.24, 2.45) is 0 Å². The van der Waals surface area contributed by atoms with Crippen molar-refractivity contribution >= 4 is 27.5 Å². The summed E-state index contributed by atoms with van der Waals surface area (Å²) in [6, 6.07) is 5.48. The van der Waals surface area contributed by atoms with E-state index in [2.05, 4.69) is 32.8 Å². The number of methoxy groups -OCH3 is 1. The van der Waals surface area contributed by atoms with E-state index in [4.69, 9.17) is 21.1 Å². The lowest BCUT2D eigenvalue weighted by atomic mass is 10.3. The normalized spacial score (nSPS) is 10.5. The van der Waals surface area contributed by atoms with Crippen LogP contribution in [0.2, 0.25) is 5.15 Å². The van der Waals surface area contributed by atoms with E-state index >= 15 is 0 Å². The van der Waals surface area contributed by atoms with E-state index in [1.54, 1.807) is 7.11 Å². The van der Waals surface area contributed by atoms with Crippen LogP contribution in [0, 0.1) is 6.92 Å². The zero-order valence-electron chi connectivity index (χ0n) is 12.1. The van der Waals surface area contributed by atoms with Crippen LogP contribution in [-0.2, 0) is 6.42 Å². The zero-order chi connectivity index (χ0) is 15.4. The molecule has 0 aliphatic rings. The minimum absolute atomic E-state index is 0.424. The van der Waals surface area contributed by atoms with Crippen LogP contribution in [-0.4, -0.2) is 17.1 Å². The zero-order valence-corrected chi connectivity index (χ0v) is 14.5. The molecule has 0 spiro atoms. The first-order chi connectivity index (χ1) is 10.0. The van der Waals surface area contributed by atoms with Crippen molar-refractivity contribution in [1.82, 2.24) is 9.97 Å². The van der Waals surface area contributed by atoms with Crippen LogP contribution in [0.1, 0.15) is 24.7 Å². The molecule has 4 nitrogen and oxygen atoms in total. The van der Waals surface area contributed by atoms with Crippen LogP contribution < -0.4 is 9.47 Å². The van der Waals surface area contributed by atoms with Crippen molar-refractivity contribution in [3.8, 4) is 17.4 Å². The van der Waals surface area contributed by atoms with Crippen LogP contribution >= 0.6 is 27.5 Å². The summed E-state index contributed by atoms with van der Waals surface area (Å²) in [5, 5.41) is 0.424. The molecular weight excluding hydrogens is 356 g/mol. The summed E-state index contributed by atoms with van der Waals surface area (Å²) in [6.07, 6.45) is 1.71. The van der Waals surface area contributed by atoms with E-state index in [0.29, 0.717) is 22.6 Å². The Morgan fingerprint density at radius 1 is 1.29 bits per heavy atom. The monoisotopic (exact) mass is 370 g/mol. The van der Waals surface area contributed by atoms with Gasteiger partial charge in [-0.15, -0.1) is 0 Å². The summed E-state index contributed by atoms with van der Waals surface area (Å²) in [5.74, 6) is 2.56. The lowest BCUT2D eigenvalue weighted by Gasteiger charge is -2.12. The molecule has 2 aromatic rings. The molecule has 0 bridgehead atoms. The van der Waals surface area contributed by atoms with Crippen LogP contribution in [0.4, 0.5) is 0 Å². The van der Waals surface area contributed by atoms with Gasteiger partial charge in [-0.25, -0.2) is 4.98 Å². The number of aryl methyl sites for hydroxylation is 1. The largest absolute Gasteiger partial charge is 0.497 e. The van der Waals surface area contributed by atoms with Gasteiger partial charge in [-0.2, -0.15) is 4.98 Å². The maximum absolute atomic E-state index is 6.15. The molecule has 1 heterocycles. The summed E-state index contributed by atoms with van der Waals surface area (Å²) in [4.78, 5) is 8.69. The summed E-state index contributed by atoms with van der Waals surface area (Å²) >= 11 is 9.60. The number of hydrogen-bond donors (Lipinski definition) is 0. The highest BCUT2D eigenvalue weighted by molar-refractivity contribution is 9.10. The van der Waals surface area contributed by atoms with Crippen molar-refractivity contribution in [2.45, 2.75) is 26.7 Å². The minimum Gasteiger partial charge on any atom is -0.497 e. The first kappa shape index (κ1) is 16.0. The molecule has 0 saturated carbocycles. The molecule has 0 saturated heterocycles. The maximum Gasteiger partial charge on any atom is 0.227 e. The van der Waals surface area contributed by atoms with Crippen molar-refractivity contribution in [3.63, 3.8) is 0 Å². The maximum atomic E-state index is 6.15. The van der Waals surface area contributed by atoms with Gasteiger partial charge in [0.05, 0.1) is 11.6 Å². The third kappa shape index (κ3) is 3.86. The second kappa shape index (κ2) is 7.09. The van der Waals surface area contributed by atoms with Crippen LogP contribution in [0.3, 0.4) is 0 Å². The number of benzene rings is 1. The predicted molar refractivity (Wildman–Crippen MR) is 86.5 cm³/mol. The van der Waals surface area contributed by atoms with Gasteiger partial charge in [0.15, 0.2) is 0 Å². The van der Waals surface area contributed by atoms with E-state index in [-0.39, 0.29) is 0 Å². The summed E-state index contributed by atoms with van der Waals surface area (Å²) < 4.78 is 11.8. The molecule has 0 N–H and O–H groups in total. The summed E-state index contributed by atoms with van der Waals surface area (Å²) in [6.45, 7) is 3.91. The second-order valence-corrected chi connectivity index (χ2v) is 5.72. The molecular formula is C15H16BrClN2O2. The van der Waals surface area contributed by atoms with Gasteiger partial charge < -0.3 is 9.47 Å². The average molecular weight is 372 g/mol. The first-order valence-electron chi connectivity index (χ1n) is 6.59. The van der Waals surface area contributed by atoms with Crippen molar-refractivity contribution in [3.05, 3.63) is 39.2 Å². The third-order valence-corrected chi connectivity index (χ3v) is 3.90. The van der Waals surface area contributed by atoms with E-state index in [1.807, 2.05) is 25.1 Å². The average Bonchev–Trinajstić information content (AvgIpc) is 2.46. The third-order valence-electron chi connectivity index (χ3n) is 2.91. The lowest BCUT2D eigenvalue weighted by Crippen LogP contribution is -2.01. The highest BCUT2D eigenvalue weighted by atomic mass is 79.9. The number of aromatic nitrogens is 2. The Balaban J connectivity index is 2.34. The fourth-order valence-corrected chi connectivity index (χ4v) is 2.36. The van der Waals surface area contributed by atoms with Gasteiger partial charge in [-0.05, 0) is 47.5 Å². The van der Waals surface area contributed by atoms with Gasteiger partial charge in [-0.1, -0.05) is 18.5 Å². The molecule has 0 amide bonds. The molecule has 0 fully saturated rings. The molecule has 0 aliphatic carbocycles. The standard InChI is InChI=1S/C15H16BrClN2O2/c1-4-5-13-18-14(17)9(2)15(19-13)21-12-7-6-10(20-3)8-11(12)16/h6-8H,4-5H2,1-3H3. The molecule has 1 aromatic carbocycles. The SMILES string of the molecule is CCCc1nc(Cl)c(C)c(Oc2ccc(OC)cc2Br)n1. The second-order valence-electron chi connectivity index (χ2n) is 4.51. The van der Waals surface area contributed by atoms with Crippen LogP contribution in [0.25, 0.3) is 0 Å². The van der Waals surface area contributed by atoms with Gasteiger partial charge in [0.2, 0.25) is 5.88 Å². The quantitative estimate of drug-likeness (QED) is 0.697. The molecule has 0 atom stereocenters. The lowest BCUT2D eigenvalue weighted by molar-refractivity contribution is 0.411. The highest BCUT2D eigenvalue weighted by Crippen LogP contribution is 2.34. The topological polar surface area (TPSA) is 44.2 Å². The highest BCUT2D eigenvalue weighted by Gasteiger charge is 2.13. The Kier molecular flexibility index (Phi) is 5.42. The number of halogens is 2. The van der Waals surface area contributed by atoms with E-state index < -0.39 is 0 Å². The number of nitrogens with zero attached hydrogens (tertiary/aromatic N) is 2. The minimum atomic E-state index is 0.424. The molecule has 1 aromatic heterocycles. The summed E-state index contributed by atoms with van der Waals surface area (Å²) in [7, 11) is 1.62. The fraction of sp³-hybridized carbons (Fsp3) is 0.333. The van der Waals surface area contributed by atoms with Gasteiger partial charge >= 0.3 is 0 Å². The van der Waals surface area contributed by atoms with E-state index in [9.17, 15) is 0 Å². The Labute approximate surface area is 137 Å². The molecule has 0 aliphatic heterocycles. The first-order valence-corrected chi connectivity index (χ1v) is 7.76. The summed E-state index contributed by atoms with van der Waals surface area (Å²) in [5.41, 5.74) is 0.722. The van der Waals surface area contributed by atoms with Crippen molar-refractivity contribution in [1.29, 1.82) is 0 Å². The smallest absolute Gasteiger partial charge is 0.227 e. The molecule has 0 unspecified atom stereocenters. The van der Waals surface area contributed by atoms with Gasteiger partial charge in [0.25, 0.3) is 0 Å². The Morgan fingerprint density at radius 3 is 2.67 bits per heavy atom. The van der Waals surface area contributed by atoms with Crippen molar-refractivity contribution < 1.29 is 9.47 Å². The Hall–Kier alpha value is -1.33. The molecule has 6 heteroatoms. The van der Waals surface area contributed by atoms with E-state index in [1.165, 1.54) is 0 Å². The molecule has 0 radical (unpaired) electrons. The number of rotatable bonds is 5.